The largest absolute Gasteiger partial charge is 0.463 e. The quantitative estimate of drug-likeness (QED) is 0.166. The Morgan fingerprint density at radius 1 is 0.362 bits per heavy atom. The van der Waals surface area contributed by atoms with E-state index in [-0.39, 0.29) is 10.8 Å². The van der Waals surface area contributed by atoms with Crippen LogP contribution in [0.4, 0.5) is 34.1 Å². The van der Waals surface area contributed by atoms with Crippen molar-refractivity contribution in [3.05, 3.63) is 216 Å². The van der Waals surface area contributed by atoms with E-state index in [9.17, 15) is 0 Å². The molecule has 8 aromatic carbocycles. The molecule has 58 heavy (non-hydrogen) atoms. The Morgan fingerprint density at radius 2 is 0.672 bits per heavy atom. The maximum atomic E-state index is 7.35. The predicted octanol–water partition coefficient (Wildman–Crippen LogP) is 11.4. The monoisotopic (exact) mass is 764 g/mol. The first-order valence-corrected chi connectivity index (χ1v) is 22.4. The van der Waals surface area contributed by atoms with Crippen LogP contribution in [-0.4, -0.2) is 8.07 Å². The van der Waals surface area contributed by atoms with Crippen LogP contribution < -0.4 is 35.3 Å². The highest BCUT2D eigenvalue weighted by atomic mass is 28.3. The number of anilines is 6. The van der Waals surface area contributed by atoms with E-state index in [1.54, 1.807) is 0 Å². The van der Waals surface area contributed by atoms with Crippen LogP contribution >= 0.6 is 0 Å². The molecule has 8 aromatic rings. The van der Waals surface area contributed by atoms with E-state index in [0.717, 1.165) is 22.9 Å². The maximum absolute atomic E-state index is 7.35. The standard InChI is InChI=1S/C54H44N2OSi/c1-53(2)41-23-11-15-27-45(41)55(46-28-16-12-24-42(46)53)37-31-33-51-49(35-37)57-50-36-38(56-47-29-17-13-25-43(47)54(3,4)44-26-14-18-30-48(44)56)32-34-52(50)58(51,39-19-7-5-8-20-39)40-21-9-6-10-22-40/h5-36H,1-4H3/q-1. The minimum Gasteiger partial charge on any atom is -0.463 e. The average molecular weight is 765 g/mol. The molecule has 0 aromatic heterocycles. The van der Waals surface area contributed by atoms with Crippen LogP contribution in [0.25, 0.3) is 0 Å². The molecule has 0 bridgehead atoms. The molecule has 3 nitrogen and oxygen atoms in total. The van der Waals surface area contributed by atoms with Crippen molar-refractivity contribution < 1.29 is 4.74 Å². The second kappa shape index (κ2) is 12.7. The van der Waals surface area contributed by atoms with E-state index in [2.05, 4.69) is 232 Å². The lowest BCUT2D eigenvalue weighted by molar-refractivity contribution is 0.487. The fraction of sp³-hybridized carbons (Fsp3) is 0.111. The van der Waals surface area contributed by atoms with Crippen molar-refractivity contribution in [3.8, 4) is 11.5 Å². The van der Waals surface area contributed by atoms with Crippen molar-refractivity contribution in [2.75, 3.05) is 9.80 Å². The topological polar surface area (TPSA) is 15.7 Å². The van der Waals surface area contributed by atoms with Gasteiger partial charge in [-0.2, -0.15) is 10.4 Å². The summed E-state index contributed by atoms with van der Waals surface area (Å²) < 4.78 is 7.35. The Bertz CT molecular complexity index is 2600. The summed E-state index contributed by atoms with van der Waals surface area (Å²) in [5.74, 6) is 1.81. The number of fused-ring (bicyclic) bond motifs is 6. The van der Waals surface area contributed by atoms with E-state index in [1.807, 2.05) is 0 Å². The molecule has 0 saturated heterocycles. The molecule has 11 rings (SSSR count). The summed E-state index contributed by atoms with van der Waals surface area (Å²) in [6.45, 7) is 9.36. The summed E-state index contributed by atoms with van der Waals surface area (Å²) in [5, 5.41) is 5.17. The first kappa shape index (κ1) is 34.6. The first-order valence-electron chi connectivity index (χ1n) is 20.4. The smallest absolute Gasteiger partial charge is 0.0991 e. The molecule has 0 spiro atoms. The van der Waals surface area contributed by atoms with E-state index < -0.39 is 8.07 Å². The minimum absolute atomic E-state index is 0.146. The lowest BCUT2D eigenvalue weighted by Gasteiger charge is -2.51. The van der Waals surface area contributed by atoms with Crippen LogP contribution in [0.3, 0.4) is 0 Å². The molecular weight excluding hydrogens is 721 g/mol. The Labute approximate surface area is 342 Å². The van der Waals surface area contributed by atoms with E-state index >= 15 is 0 Å². The molecule has 4 heteroatoms. The van der Waals surface area contributed by atoms with Crippen molar-refractivity contribution in [1.29, 1.82) is 0 Å². The summed E-state index contributed by atoms with van der Waals surface area (Å²) >= 11 is 0. The van der Waals surface area contributed by atoms with Gasteiger partial charge in [0.1, 0.15) is 0 Å². The number of ether oxygens (including phenoxy) is 1. The van der Waals surface area contributed by atoms with E-state index in [1.165, 1.54) is 65.8 Å². The lowest BCUT2D eigenvalue weighted by atomic mass is 9.73. The molecule has 281 valence electrons. The van der Waals surface area contributed by atoms with Crippen LogP contribution in [0, 0.1) is 0 Å². The van der Waals surface area contributed by atoms with Gasteiger partial charge in [0.15, 0.2) is 0 Å². The number of rotatable bonds is 4. The predicted molar refractivity (Wildman–Crippen MR) is 244 cm³/mol. The van der Waals surface area contributed by atoms with Gasteiger partial charge in [0.05, 0.1) is 34.2 Å². The van der Waals surface area contributed by atoms with Crippen LogP contribution in [0.15, 0.2) is 194 Å². The van der Waals surface area contributed by atoms with Crippen molar-refractivity contribution >= 4 is 62.9 Å². The van der Waals surface area contributed by atoms with Gasteiger partial charge in [-0.15, -0.1) is 10.4 Å². The summed E-state index contributed by atoms with van der Waals surface area (Å²) in [6, 6.07) is 71.8. The molecule has 0 unspecified atom stereocenters. The highest BCUT2D eigenvalue weighted by Crippen LogP contribution is 2.54. The number of hydrogen-bond acceptors (Lipinski definition) is 3. The van der Waals surface area contributed by atoms with Gasteiger partial charge < -0.3 is 14.5 Å². The van der Waals surface area contributed by atoms with Crippen LogP contribution in [0.2, 0.25) is 0 Å². The van der Waals surface area contributed by atoms with Crippen LogP contribution in [0.5, 0.6) is 11.5 Å². The average Bonchev–Trinajstić information content (AvgIpc) is 3.26. The van der Waals surface area contributed by atoms with Crippen LogP contribution in [-0.2, 0) is 10.8 Å². The number of nitrogens with zero attached hydrogens (tertiary/aromatic N) is 2. The summed E-state index contributed by atoms with van der Waals surface area (Å²) in [7, 11) is -2.92. The highest BCUT2D eigenvalue weighted by molar-refractivity contribution is 7.20. The summed E-state index contributed by atoms with van der Waals surface area (Å²) in [6.07, 6.45) is 0. The van der Waals surface area contributed by atoms with Gasteiger partial charge in [-0.25, -0.2) is 0 Å². The zero-order valence-corrected chi connectivity index (χ0v) is 34.3. The second-order valence-electron chi connectivity index (χ2n) is 16.9. The van der Waals surface area contributed by atoms with Gasteiger partial charge in [0.25, 0.3) is 0 Å². The van der Waals surface area contributed by atoms with Crippen molar-refractivity contribution in [1.82, 2.24) is 0 Å². The summed E-state index contributed by atoms with van der Waals surface area (Å²) in [5.41, 5.74) is 11.9. The van der Waals surface area contributed by atoms with Gasteiger partial charge in [0.2, 0.25) is 0 Å². The molecule has 3 aliphatic heterocycles. The molecule has 3 heterocycles. The number of hydrogen-bond donors (Lipinski definition) is 0. The number of para-hydroxylation sites is 4. The minimum atomic E-state index is -2.92. The molecule has 0 saturated carbocycles. The van der Waals surface area contributed by atoms with Crippen molar-refractivity contribution in [3.63, 3.8) is 0 Å². The molecule has 0 N–H and O–H groups in total. The van der Waals surface area contributed by atoms with Crippen molar-refractivity contribution in [2.24, 2.45) is 0 Å². The zero-order valence-electron chi connectivity index (χ0n) is 33.3. The third-order valence-electron chi connectivity index (χ3n) is 13.2. The van der Waals surface area contributed by atoms with Gasteiger partial charge in [0, 0.05) is 34.3 Å². The van der Waals surface area contributed by atoms with Gasteiger partial charge in [-0.05, 0) is 66.7 Å². The molecule has 0 atom stereocenters. The summed E-state index contributed by atoms with van der Waals surface area (Å²) in [4.78, 5) is 4.87. The van der Waals surface area contributed by atoms with Gasteiger partial charge >= 0.3 is 0 Å². The van der Waals surface area contributed by atoms with Crippen LogP contribution in [0.1, 0.15) is 49.9 Å². The molecule has 0 fully saturated rings. The Balaban J connectivity index is 1.16. The normalized spacial score (nSPS) is 16.1. The van der Waals surface area contributed by atoms with E-state index in [4.69, 9.17) is 4.74 Å². The SMILES string of the molecule is CC1(C)c2ccccc2N(c2ccc3c(c2)Oc2cc(N4c5ccccc5C(C)(C)c5ccccc54)ccc2[Si-]3(c2ccccc2)c2ccccc2)c2ccccc21. The molecule has 0 amide bonds. The fourth-order valence-corrected chi connectivity index (χ4v) is 15.3. The number of benzene rings is 8. The third kappa shape index (κ3) is 4.79. The highest BCUT2D eigenvalue weighted by Gasteiger charge is 2.41. The van der Waals surface area contributed by atoms with Crippen molar-refractivity contribution in [2.45, 2.75) is 38.5 Å². The third-order valence-corrected chi connectivity index (χ3v) is 18.0. The molecular formula is C54H44N2OSi-. The molecule has 0 aliphatic carbocycles. The lowest BCUT2D eigenvalue weighted by Crippen LogP contribution is -2.76. The first-order chi connectivity index (χ1) is 28.3. The fourth-order valence-electron chi connectivity index (χ4n) is 10.4. The Kier molecular flexibility index (Phi) is 7.57. The molecule has 3 aliphatic rings. The maximum Gasteiger partial charge on any atom is 0.0991 e. The molecule has 0 radical (unpaired) electrons. The van der Waals surface area contributed by atoms with Gasteiger partial charge in [-0.3, -0.25) is 0 Å². The van der Waals surface area contributed by atoms with E-state index in [0.29, 0.717) is 0 Å². The zero-order chi connectivity index (χ0) is 39.2. The second-order valence-corrected chi connectivity index (χ2v) is 20.7. The Morgan fingerprint density at radius 3 is 1.02 bits per heavy atom. The Hall–Kier alpha value is -6.62. The van der Waals surface area contributed by atoms with Gasteiger partial charge in [-0.1, -0.05) is 173 Å².